The molecule has 0 bridgehead atoms. The molecule has 0 radical (unpaired) electrons. The van der Waals surface area contributed by atoms with Crippen molar-refractivity contribution in [2.45, 2.75) is 19.5 Å². The average Bonchev–Trinajstić information content (AvgIpc) is 2.71. The molecule has 0 aliphatic carbocycles. The van der Waals surface area contributed by atoms with Gasteiger partial charge in [-0.1, -0.05) is 6.07 Å². The molecule has 1 amide bonds. The molecule has 0 aliphatic heterocycles. The van der Waals surface area contributed by atoms with Gasteiger partial charge in [0.05, 0.1) is 20.3 Å². The van der Waals surface area contributed by atoms with E-state index in [0.29, 0.717) is 18.0 Å². The SMILES string of the molecule is COc1ccc(C(C)NC(=O)/C(C#N)=C\NCc2ccncc2)cc1OC. The molecular formula is C20H22N4O3. The first-order valence-corrected chi connectivity index (χ1v) is 8.34. The van der Waals surface area contributed by atoms with Gasteiger partial charge in [0.15, 0.2) is 11.5 Å². The Hall–Kier alpha value is -3.53. The number of pyridine rings is 1. The Morgan fingerprint density at radius 3 is 2.56 bits per heavy atom. The summed E-state index contributed by atoms with van der Waals surface area (Å²) in [6.45, 7) is 2.32. The zero-order valence-electron chi connectivity index (χ0n) is 15.5. The minimum atomic E-state index is -0.456. The Balaban J connectivity index is 2.01. The van der Waals surface area contributed by atoms with Crippen molar-refractivity contribution in [3.8, 4) is 17.6 Å². The number of amides is 1. The van der Waals surface area contributed by atoms with E-state index in [4.69, 9.17) is 9.47 Å². The largest absolute Gasteiger partial charge is 0.493 e. The van der Waals surface area contributed by atoms with E-state index in [0.717, 1.165) is 11.1 Å². The lowest BCUT2D eigenvalue weighted by molar-refractivity contribution is -0.117. The fourth-order valence-corrected chi connectivity index (χ4v) is 2.40. The molecule has 0 fully saturated rings. The number of carbonyl (C=O) groups excluding carboxylic acids is 1. The minimum Gasteiger partial charge on any atom is -0.493 e. The Kier molecular flexibility index (Phi) is 7.20. The van der Waals surface area contributed by atoms with Gasteiger partial charge in [-0.15, -0.1) is 0 Å². The van der Waals surface area contributed by atoms with E-state index in [1.807, 2.05) is 31.2 Å². The fraction of sp³-hybridized carbons (Fsp3) is 0.250. The predicted molar refractivity (Wildman–Crippen MR) is 101 cm³/mol. The molecule has 7 heteroatoms. The highest BCUT2D eigenvalue weighted by Gasteiger charge is 2.15. The molecular weight excluding hydrogens is 344 g/mol. The van der Waals surface area contributed by atoms with Gasteiger partial charge in [-0.3, -0.25) is 9.78 Å². The zero-order valence-corrected chi connectivity index (χ0v) is 15.5. The van der Waals surface area contributed by atoms with Crippen molar-refractivity contribution in [3.05, 3.63) is 65.6 Å². The van der Waals surface area contributed by atoms with Crippen LogP contribution in [-0.2, 0) is 11.3 Å². The van der Waals surface area contributed by atoms with Gasteiger partial charge in [-0.2, -0.15) is 5.26 Å². The topological polar surface area (TPSA) is 96.3 Å². The Morgan fingerprint density at radius 2 is 1.93 bits per heavy atom. The number of hydrogen-bond acceptors (Lipinski definition) is 6. The molecule has 7 nitrogen and oxygen atoms in total. The summed E-state index contributed by atoms with van der Waals surface area (Å²) in [6, 6.07) is 10.7. The van der Waals surface area contributed by atoms with Crippen LogP contribution in [0.1, 0.15) is 24.1 Å². The molecule has 0 saturated carbocycles. The Labute approximate surface area is 158 Å². The Bertz CT molecular complexity index is 844. The third kappa shape index (κ3) is 5.47. The minimum absolute atomic E-state index is 0.00335. The van der Waals surface area contributed by atoms with Crippen molar-refractivity contribution in [3.63, 3.8) is 0 Å². The van der Waals surface area contributed by atoms with Gasteiger partial charge < -0.3 is 20.1 Å². The normalized spacial score (nSPS) is 11.9. The van der Waals surface area contributed by atoms with Gasteiger partial charge in [0, 0.05) is 25.1 Å². The summed E-state index contributed by atoms with van der Waals surface area (Å²) >= 11 is 0. The number of methoxy groups -OCH3 is 2. The van der Waals surface area contributed by atoms with Crippen molar-refractivity contribution in [1.82, 2.24) is 15.6 Å². The molecule has 1 unspecified atom stereocenters. The van der Waals surface area contributed by atoms with E-state index >= 15 is 0 Å². The number of ether oxygens (including phenoxy) is 2. The first-order chi connectivity index (χ1) is 13.1. The molecule has 2 aromatic rings. The van der Waals surface area contributed by atoms with Crippen LogP contribution in [0.5, 0.6) is 11.5 Å². The highest BCUT2D eigenvalue weighted by Crippen LogP contribution is 2.29. The lowest BCUT2D eigenvalue weighted by Crippen LogP contribution is -2.28. The summed E-state index contributed by atoms with van der Waals surface area (Å²) in [5.74, 6) is 0.728. The molecule has 0 saturated heterocycles. The van der Waals surface area contributed by atoms with Crippen LogP contribution in [0.4, 0.5) is 0 Å². The van der Waals surface area contributed by atoms with E-state index in [1.54, 1.807) is 38.7 Å². The molecule has 140 valence electrons. The van der Waals surface area contributed by atoms with Crippen LogP contribution in [0.15, 0.2) is 54.5 Å². The third-order valence-electron chi connectivity index (χ3n) is 3.92. The van der Waals surface area contributed by atoms with Crippen LogP contribution in [0.25, 0.3) is 0 Å². The van der Waals surface area contributed by atoms with Crippen molar-refractivity contribution in [1.29, 1.82) is 5.26 Å². The Morgan fingerprint density at radius 1 is 1.22 bits per heavy atom. The molecule has 27 heavy (non-hydrogen) atoms. The third-order valence-corrected chi connectivity index (χ3v) is 3.92. The van der Waals surface area contributed by atoms with Crippen LogP contribution >= 0.6 is 0 Å². The summed E-state index contributed by atoms with van der Waals surface area (Å²) in [6.07, 6.45) is 4.78. The first-order valence-electron chi connectivity index (χ1n) is 8.34. The highest BCUT2D eigenvalue weighted by molar-refractivity contribution is 5.97. The maximum Gasteiger partial charge on any atom is 0.263 e. The molecule has 0 spiro atoms. The van der Waals surface area contributed by atoms with Gasteiger partial charge >= 0.3 is 0 Å². The summed E-state index contributed by atoms with van der Waals surface area (Å²) in [5, 5.41) is 15.0. The fourth-order valence-electron chi connectivity index (χ4n) is 2.40. The van der Waals surface area contributed by atoms with Crippen LogP contribution in [0.2, 0.25) is 0 Å². The molecule has 2 N–H and O–H groups in total. The number of carbonyl (C=O) groups is 1. The van der Waals surface area contributed by atoms with Crippen LogP contribution in [0.3, 0.4) is 0 Å². The second kappa shape index (κ2) is 9.82. The highest BCUT2D eigenvalue weighted by atomic mass is 16.5. The number of benzene rings is 1. The number of rotatable bonds is 8. The average molecular weight is 366 g/mol. The second-order valence-corrected chi connectivity index (χ2v) is 5.72. The second-order valence-electron chi connectivity index (χ2n) is 5.72. The monoisotopic (exact) mass is 366 g/mol. The van der Waals surface area contributed by atoms with Crippen LogP contribution < -0.4 is 20.1 Å². The van der Waals surface area contributed by atoms with E-state index in [9.17, 15) is 10.1 Å². The standard InChI is InChI=1S/C20H22N4O3/c1-14(16-4-5-18(26-2)19(10-16)27-3)24-20(25)17(11-21)13-23-12-15-6-8-22-9-7-15/h4-10,13-14,23H,12H2,1-3H3,(H,24,25)/b17-13-. The quantitative estimate of drug-likeness (QED) is 0.550. The summed E-state index contributed by atoms with van der Waals surface area (Å²) in [7, 11) is 3.11. The van der Waals surface area contributed by atoms with Gasteiger partial charge in [-0.05, 0) is 42.3 Å². The van der Waals surface area contributed by atoms with E-state index < -0.39 is 5.91 Å². The van der Waals surface area contributed by atoms with Gasteiger partial charge in [-0.25, -0.2) is 0 Å². The van der Waals surface area contributed by atoms with Crippen molar-refractivity contribution >= 4 is 5.91 Å². The summed E-state index contributed by atoms with van der Waals surface area (Å²) in [4.78, 5) is 16.3. The smallest absolute Gasteiger partial charge is 0.263 e. The zero-order chi connectivity index (χ0) is 19.6. The summed E-state index contributed by atoms with van der Waals surface area (Å²) in [5.41, 5.74) is 1.83. The number of nitrogens with one attached hydrogen (secondary N) is 2. The van der Waals surface area contributed by atoms with E-state index in [2.05, 4.69) is 15.6 Å². The van der Waals surface area contributed by atoms with Crippen LogP contribution in [0, 0.1) is 11.3 Å². The molecule has 1 aromatic heterocycles. The number of hydrogen-bond donors (Lipinski definition) is 2. The van der Waals surface area contributed by atoms with Gasteiger partial charge in [0.2, 0.25) is 0 Å². The molecule has 1 aromatic carbocycles. The van der Waals surface area contributed by atoms with Crippen molar-refractivity contribution in [2.24, 2.45) is 0 Å². The lowest BCUT2D eigenvalue weighted by Gasteiger charge is -2.16. The van der Waals surface area contributed by atoms with Crippen LogP contribution in [-0.4, -0.2) is 25.1 Å². The van der Waals surface area contributed by atoms with E-state index in [1.165, 1.54) is 6.20 Å². The molecule has 1 heterocycles. The van der Waals surface area contributed by atoms with Gasteiger partial charge in [0.25, 0.3) is 5.91 Å². The summed E-state index contributed by atoms with van der Waals surface area (Å²) < 4.78 is 10.5. The first kappa shape index (κ1) is 19.8. The molecule has 1 atom stereocenters. The number of nitriles is 1. The number of aromatic nitrogens is 1. The molecule has 2 rings (SSSR count). The molecule has 0 aliphatic rings. The van der Waals surface area contributed by atoms with Crippen molar-refractivity contribution in [2.75, 3.05) is 14.2 Å². The number of nitrogens with zero attached hydrogens (tertiary/aromatic N) is 2. The maximum atomic E-state index is 12.4. The van der Waals surface area contributed by atoms with Gasteiger partial charge in [0.1, 0.15) is 11.6 Å². The van der Waals surface area contributed by atoms with E-state index in [-0.39, 0.29) is 11.6 Å². The maximum absolute atomic E-state index is 12.4. The van der Waals surface area contributed by atoms with Crippen molar-refractivity contribution < 1.29 is 14.3 Å². The predicted octanol–water partition coefficient (Wildman–Crippen LogP) is 2.47. The lowest BCUT2D eigenvalue weighted by atomic mass is 10.1.